The molecule has 0 N–H and O–H groups in total. The number of imide groups is 1. The van der Waals surface area contributed by atoms with Crippen LogP contribution < -0.4 is 10.0 Å². The van der Waals surface area contributed by atoms with Gasteiger partial charge in [-0.15, -0.1) is 0 Å². The number of nitrogens with zero attached hydrogens (tertiary/aromatic N) is 1. The minimum atomic E-state index is -1.38. The second-order valence-corrected chi connectivity index (χ2v) is 5.31. The molecular formula is C15H14NO4-. The van der Waals surface area contributed by atoms with Crippen molar-refractivity contribution in [3.63, 3.8) is 0 Å². The van der Waals surface area contributed by atoms with Crippen LogP contribution in [-0.2, 0) is 9.59 Å². The number of anilines is 1. The minimum absolute atomic E-state index is 0.118. The summed E-state index contributed by atoms with van der Waals surface area (Å²) in [6.45, 7) is 0. The van der Waals surface area contributed by atoms with Crippen LogP contribution in [0.15, 0.2) is 24.3 Å². The molecule has 1 heterocycles. The van der Waals surface area contributed by atoms with Crippen LogP contribution in [0.25, 0.3) is 0 Å². The number of rotatable bonds is 2. The van der Waals surface area contributed by atoms with Gasteiger partial charge in [-0.2, -0.15) is 0 Å². The van der Waals surface area contributed by atoms with Crippen molar-refractivity contribution in [2.45, 2.75) is 25.7 Å². The molecule has 1 aliphatic heterocycles. The van der Waals surface area contributed by atoms with Crippen molar-refractivity contribution in [2.24, 2.45) is 11.8 Å². The molecule has 1 aromatic rings. The van der Waals surface area contributed by atoms with Crippen LogP contribution >= 0.6 is 0 Å². The first-order valence-electron chi connectivity index (χ1n) is 6.79. The van der Waals surface area contributed by atoms with Crippen molar-refractivity contribution in [3.05, 3.63) is 29.8 Å². The summed E-state index contributed by atoms with van der Waals surface area (Å²) in [4.78, 5) is 37.0. The minimum Gasteiger partial charge on any atom is -0.545 e. The Morgan fingerprint density at radius 3 is 2.15 bits per heavy atom. The lowest BCUT2D eigenvalue weighted by Gasteiger charge is -2.19. The third kappa shape index (κ3) is 1.81. The smallest absolute Gasteiger partial charge is 0.237 e. The van der Waals surface area contributed by atoms with Crippen molar-refractivity contribution in [3.8, 4) is 0 Å². The Balaban J connectivity index is 2.04. The zero-order valence-electron chi connectivity index (χ0n) is 10.9. The molecule has 1 saturated heterocycles. The van der Waals surface area contributed by atoms with Crippen molar-refractivity contribution in [1.29, 1.82) is 0 Å². The van der Waals surface area contributed by atoms with Crippen LogP contribution in [0, 0.1) is 11.8 Å². The van der Waals surface area contributed by atoms with Gasteiger partial charge in [0.25, 0.3) is 0 Å². The topological polar surface area (TPSA) is 77.5 Å². The number of para-hydroxylation sites is 1. The lowest BCUT2D eigenvalue weighted by Crippen LogP contribution is -2.34. The van der Waals surface area contributed by atoms with Gasteiger partial charge in [-0.25, -0.2) is 4.90 Å². The maximum atomic E-state index is 12.4. The SMILES string of the molecule is O=C([O-])c1ccccc1N1C(=O)[C@H]2CCCC[C@H]2C1=O. The van der Waals surface area contributed by atoms with E-state index in [2.05, 4.69) is 0 Å². The molecule has 5 heteroatoms. The Morgan fingerprint density at radius 2 is 1.60 bits per heavy atom. The monoisotopic (exact) mass is 272 g/mol. The van der Waals surface area contributed by atoms with Gasteiger partial charge in [0.1, 0.15) is 0 Å². The van der Waals surface area contributed by atoms with Gasteiger partial charge >= 0.3 is 0 Å². The van der Waals surface area contributed by atoms with Gasteiger partial charge < -0.3 is 9.90 Å². The Labute approximate surface area is 116 Å². The number of carboxylic acids is 1. The number of carboxylic acid groups (broad SMARTS) is 1. The van der Waals surface area contributed by atoms with Gasteiger partial charge in [-0.1, -0.05) is 31.0 Å². The normalized spacial score (nSPS) is 25.7. The third-order valence-electron chi connectivity index (χ3n) is 4.21. The van der Waals surface area contributed by atoms with Crippen LogP contribution in [0.2, 0.25) is 0 Å². The fourth-order valence-electron chi connectivity index (χ4n) is 3.24. The molecule has 0 aromatic heterocycles. The number of benzene rings is 1. The Kier molecular flexibility index (Phi) is 3.04. The van der Waals surface area contributed by atoms with E-state index in [1.54, 1.807) is 12.1 Å². The summed E-state index contributed by atoms with van der Waals surface area (Å²) in [7, 11) is 0. The average molecular weight is 272 g/mol. The maximum absolute atomic E-state index is 12.4. The lowest BCUT2D eigenvalue weighted by atomic mass is 9.81. The van der Waals surface area contributed by atoms with E-state index < -0.39 is 5.97 Å². The van der Waals surface area contributed by atoms with E-state index in [0.29, 0.717) is 12.8 Å². The molecule has 0 bridgehead atoms. The van der Waals surface area contributed by atoms with E-state index in [4.69, 9.17) is 0 Å². The fraction of sp³-hybridized carbons (Fsp3) is 0.400. The summed E-state index contributed by atoms with van der Waals surface area (Å²) < 4.78 is 0. The van der Waals surface area contributed by atoms with E-state index in [9.17, 15) is 19.5 Å². The number of hydrogen-bond donors (Lipinski definition) is 0. The standard InChI is InChI=1S/C15H15NO4/c17-13-9-5-1-2-6-10(9)14(18)16(13)12-8-4-3-7-11(12)15(19)20/h3-4,7-10H,1-2,5-6H2,(H,19,20)/p-1/t9-,10+. The molecule has 0 unspecified atom stereocenters. The highest BCUT2D eigenvalue weighted by molar-refractivity contribution is 6.23. The van der Waals surface area contributed by atoms with E-state index in [0.717, 1.165) is 17.7 Å². The molecule has 20 heavy (non-hydrogen) atoms. The first kappa shape index (κ1) is 12.8. The quantitative estimate of drug-likeness (QED) is 0.744. The van der Waals surface area contributed by atoms with E-state index >= 15 is 0 Å². The third-order valence-corrected chi connectivity index (χ3v) is 4.21. The lowest BCUT2D eigenvalue weighted by molar-refractivity contribution is -0.254. The fourth-order valence-corrected chi connectivity index (χ4v) is 3.24. The summed E-state index contributed by atoms with van der Waals surface area (Å²) >= 11 is 0. The van der Waals surface area contributed by atoms with Gasteiger partial charge in [0.2, 0.25) is 11.8 Å². The van der Waals surface area contributed by atoms with Gasteiger partial charge in [0, 0.05) is 5.56 Å². The van der Waals surface area contributed by atoms with Gasteiger partial charge in [0.05, 0.1) is 23.5 Å². The summed E-state index contributed by atoms with van der Waals surface area (Å²) in [6, 6.07) is 6.00. The first-order valence-corrected chi connectivity index (χ1v) is 6.79. The molecule has 0 spiro atoms. The highest BCUT2D eigenvalue weighted by Crippen LogP contribution is 2.40. The molecule has 0 radical (unpaired) electrons. The highest BCUT2D eigenvalue weighted by Gasteiger charge is 2.49. The Bertz CT molecular complexity index is 571. The summed E-state index contributed by atoms with van der Waals surface area (Å²) in [6.07, 6.45) is 3.30. The molecule has 3 rings (SSSR count). The summed E-state index contributed by atoms with van der Waals surface area (Å²) in [5.74, 6) is -2.49. The second-order valence-electron chi connectivity index (χ2n) is 5.31. The van der Waals surface area contributed by atoms with Crippen molar-refractivity contribution >= 4 is 23.5 Å². The summed E-state index contributed by atoms with van der Waals surface area (Å²) in [5.41, 5.74) is 0.0183. The van der Waals surface area contributed by atoms with Crippen LogP contribution in [-0.4, -0.2) is 17.8 Å². The Hall–Kier alpha value is -2.17. The van der Waals surface area contributed by atoms with Crippen LogP contribution in [0.4, 0.5) is 5.69 Å². The Morgan fingerprint density at radius 1 is 1.05 bits per heavy atom. The predicted octanol–water partition coefficient (Wildman–Crippen LogP) is 0.730. The highest BCUT2D eigenvalue weighted by atomic mass is 16.4. The second kappa shape index (κ2) is 4.74. The molecule has 1 aliphatic carbocycles. The molecular weight excluding hydrogens is 258 g/mol. The molecule has 2 aliphatic rings. The molecule has 2 atom stereocenters. The number of carbonyl (C=O) groups is 3. The van der Waals surface area contributed by atoms with Crippen LogP contribution in [0.1, 0.15) is 36.0 Å². The number of carbonyl (C=O) groups excluding carboxylic acids is 3. The number of hydrogen-bond acceptors (Lipinski definition) is 4. The van der Waals surface area contributed by atoms with Crippen molar-refractivity contribution < 1.29 is 19.5 Å². The summed E-state index contributed by atoms with van der Waals surface area (Å²) in [5, 5.41) is 11.1. The van der Waals surface area contributed by atoms with Gasteiger partial charge in [-0.05, 0) is 18.9 Å². The predicted molar refractivity (Wildman–Crippen MR) is 68.7 cm³/mol. The maximum Gasteiger partial charge on any atom is 0.237 e. The first-order chi connectivity index (χ1) is 9.61. The number of amides is 2. The van der Waals surface area contributed by atoms with Gasteiger partial charge in [-0.3, -0.25) is 9.59 Å². The molecule has 104 valence electrons. The zero-order valence-corrected chi connectivity index (χ0v) is 10.9. The van der Waals surface area contributed by atoms with Crippen molar-refractivity contribution in [1.82, 2.24) is 0 Å². The molecule has 1 aromatic carbocycles. The number of aromatic carboxylic acids is 1. The number of fused-ring (bicyclic) bond motifs is 1. The largest absolute Gasteiger partial charge is 0.545 e. The molecule has 1 saturated carbocycles. The van der Waals surface area contributed by atoms with Crippen molar-refractivity contribution in [2.75, 3.05) is 4.90 Å². The van der Waals surface area contributed by atoms with E-state index in [1.165, 1.54) is 12.1 Å². The molecule has 2 fully saturated rings. The van der Waals surface area contributed by atoms with Crippen LogP contribution in [0.5, 0.6) is 0 Å². The molecule has 5 nitrogen and oxygen atoms in total. The van der Waals surface area contributed by atoms with E-state index in [-0.39, 0.29) is 34.9 Å². The van der Waals surface area contributed by atoms with Crippen LogP contribution in [0.3, 0.4) is 0 Å². The average Bonchev–Trinajstić information content (AvgIpc) is 2.71. The zero-order chi connectivity index (χ0) is 14.3. The van der Waals surface area contributed by atoms with Gasteiger partial charge in [0.15, 0.2) is 0 Å². The molecule has 2 amide bonds. The van der Waals surface area contributed by atoms with E-state index in [1.807, 2.05) is 0 Å².